The van der Waals surface area contributed by atoms with Gasteiger partial charge in [0.25, 0.3) is 17.7 Å². The molecule has 3 heterocycles. The summed E-state index contributed by atoms with van der Waals surface area (Å²) < 4.78 is 4.92. The van der Waals surface area contributed by atoms with Gasteiger partial charge in [0.15, 0.2) is 0 Å². The lowest BCUT2D eigenvalue weighted by Gasteiger charge is -2.42. The summed E-state index contributed by atoms with van der Waals surface area (Å²) in [6.45, 7) is 1.79. The summed E-state index contributed by atoms with van der Waals surface area (Å²) in [7, 11) is 1.46. The van der Waals surface area contributed by atoms with Crippen LogP contribution in [0.25, 0.3) is 0 Å². The molecule has 0 radical (unpaired) electrons. The molecule has 0 saturated carbocycles. The molecule has 128 valence electrons. The number of hydrogen-bond acceptors (Lipinski definition) is 7. The molecule has 3 rings (SSSR count). The summed E-state index contributed by atoms with van der Waals surface area (Å²) in [6.07, 6.45) is 0.171. The number of amides is 4. The molecule has 1 aromatic rings. The lowest BCUT2D eigenvalue weighted by molar-refractivity contribution is -0.157. The Morgan fingerprint density at radius 2 is 2.00 bits per heavy atom. The number of piperidine rings is 1. The number of hydrogen-bond donors (Lipinski definition) is 1. The van der Waals surface area contributed by atoms with Crippen molar-refractivity contribution in [3.63, 3.8) is 0 Å². The van der Waals surface area contributed by atoms with Gasteiger partial charge in [-0.05, 0) is 13.3 Å². The Bertz CT molecular complexity index is 758. The molecule has 1 saturated heterocycles. The van der Waals surface area contributed by atoms with Gasteiger partial charge in [0.1, 0.15) is 5.54 Å². The van der Waals surface area contributed by atoms with Crippen molar-refractivity contribution in [1.82, 2.24) is 9.80 Å². The van der Waals surface area contributed by atoms with Crippen LogP contribution >= 0.6 is 11.3 Å². The summed E-state index contributed by atoms with van der Waals surface area (Å²) >= 11 is 1.12. The molecule has 2 aliphatic heterocycles. The third-order valence-corrected chi connectivity index (χ3v) is 5.33. The standard InChI is InChI=1S/C15H17N3O5S/c1-15(4-3-9(19)17(14(15)22)5-6-23-2)18-12(20)8-7-24-11(16)10(8)13(18)21/h7H,3-6,16H2,1-2H3/t15-/m0/s1. The van der Waals surface area contributed by atoms with Gasteiger partial charge in [-0.1, -0.05) is 0 Å². The number of rotatable bonds is 4. The Hall–Kier alpha value is -2.26. The van der Waals surface area contributed by atoms with E-state index < -0.39 is 23.3 Å². The number of ether oxygens (including phenoxy) is 1. The van der Waals surface area contributed by atoms with Crippen LogP contribution in [0.3, 0.4) is 0 Å². The summed E-state index contributed by atoms with van der Waals surface area (Å²) in [5, 5.41) is 1.78. The van der Waals surface area contributed by atoms with Gasteiger partial charge in [0.2, 0.25) is 5.91 Å². The van der Waals surface area contributed by atoms with E-state index in [1.54, 1.807) is 0 Å². The quantitative estimate of drug-likeness (QED) is 0.790. The Balaban J connectivity index is 1.96. The fraction of sp³-hybridized carbons (Fsp3) is 0.467. The number of methoxy groups -OCH3 is 1. The van der Waals surface area contributed by atoms with Crippen LogP contribution in [-0.4, -0.2) is 59.2 Å². The smallest absolute Gasteiger partial charge is 0.265 e. The highest BCUT2D eigenvalue weighted by Crippen LogP contribution is 2.40. The average Bonchev–Trinajstić information content (AvgIpc) is 3.04. The topological polar surface area (TPSA) is 110 Å². The predicted octanol–water partition coefficient (Wildman–Crippen LogP) is 0.480. The number of nitrogen functional groups attached to an aromatic ring is 1. The molecule has 0 spiro atoms. The van der Waals surface area contributed by atoms with E-state index >= 15 is 0 Å². The van der Waals surface area contributed by atoms with Gasteiger partial charge in [-0.25, -0.2) is 0 Å². The van der Waals surface area contributed by atoms with E-state index in [9.17, 15) is 19.2 Å². The van der Waals surface area contributed by atoms with Crippen LogP contribution in [-0.2, 0) is 14.3 Å². The van der Waals surface area contributed by atoms with Crippen molar-refractivity contribution in [2.24, 2.45) is 0 Å². The minimum absolute atomic E-state index is 0.0747. The molecule has 0 unspecified atom stereocenters. The molecular weight excluding hydrogens is 334 g/mol. The van der Waals surface area contributed by atoms with Gasteiger partial charge in [-0.2, -0.15) is 0 Å². The maximum atomic E-state index is 12.9. The van der Waals surface area contributed by atoms with Gasteiger partial charge in [-0.15, -0.1) is 11.3 Å². The number of carbonyl (C=O) groups excluding carboxylic acids is 4. The number of nitrogens with two attached hydrogens (primary N) is 1. The van der Waals surface area contributed by atoms with Gasteiger partial charge >= 0.3 is 0 Å². The maximum Gasteiger partial charge on any atom is 0.265 e. The number of imide groups is 2. The highest BCUT2D eigenvalue weighted by molar-refractivity contribution is 7.14. The second-order valence-corrected chi connectivity index (χ2v) is 6.86. The fourth-order valence-corrected chi connectivity index (χ4v) is 3.91. The summed E-state index contributed by atoms with van der Waals surface area (Å²) in [4.78, 5) is 52.3. The zero-order valence-electron chi connectivity index (χ0n) is 13.3. The first-order valence-corrected chi connectivity index (χ1v) is 8.30. The third kappa shape index (κ3) is 2.15. The third-order valence-electron chi connectivity index (χ3n) is 4.52. The monoisotopic (exact) mass is 351 g/mol. The van der Waals surface area contributed by atoms with E-state index in [1.807, 2.05) is 0 Å². The van der Waals surface area contributed by atoms with E-state index in [-0.39, 0.29) is 48.0 Å². The number of likely N-dealkylation sites (tertiary alicyclic amines) is 1. The predicted molar refractivity (Wildman–Crippen MR) is 85.5 cm³/mol. The van der Waals surface area contributed by atoms with Gasteiger partial charge < -0.3 is 10.5 Å². The zero-order chi connectivity index (χ0) is 17.6. The van der Waals surface area contributed by atoms with Gasteiger partial charge in [0.05, 0.1) is 29.3 Å². The van der Waals surface area contributed by atoms with E-state index in [2.05, 4.69) is 0 Å². The second-order valence-electron chi connectivity index (χ2n) is 5.95. The molecule has 9 heteroatoms. The Morgan fingerprint density at radius 3 is 2.62 bits per heavy atom. The number of nitrogens with zero attached hydrogens (tertiary/aromatic N) is 2. The molecule has 1 aromatic heterocycles. The molecule has 8 nitrogen and oxygen atoms in total. The summed E-state index contributed by atoms with van der Waals surface area (Å²) in [5.41, 5.74) is 4.75. The summed E-state index contributed by atoms with van der Waals surface area (Å²) in [5.74, 6) is -2.02. The van der Waals surface area contributed by atoms with Gasteiger partial charge in [-0.3, -0.25) is 29.0 Å². The van der Waals surface area contributed by atoms with Crippen LogP contribution in [0.1, 0.15) is 40.5 Å². The van der Waals surface area contributed by atoms with E-state index in [0.717, 1.165) is 21.1 Å². The van der Waals surface area contributed by atoms with Crippen LogP contribution in [0.4, 0.5) is 5.00 Å². The summed E-state index contributed by atoms with van der Waals surface area (Å²) in [6, 6.07) is 0. The number of thiophene rings is 1. The first-order chi connectivity index (χ1) is 11.3. The van der Waals surface area contributed by atoms with Gasteiger partial charge in [0, 0.05) is 18.9 Å². The highest BCUT2D eigenvalue weighted by Gasteiger charge is 2.55. The molecule has 0 aromatic carbocycles. The fourth-order valence-electron chi connectivity index (χ4n) is 3.14. The highest BCUT2D eigenvalue weighted by atomic mass is 32.1. The molecule has 0 bridgehead atoms. The molecule has 24 heavy (non-hydrogen) atoms. The van der Waals surface area contributed by atoms with Crippen molar-refractivity contribution >= 4 is 40.0 Å². The average molecular weight is 351 g/mol. The Morgan fingerprint density at radius 1 is 1.29 bits per heavy atom. The van der Waals surface area contributed by atoms with E-state index in [0.29, 0.717) is 0 Å². The molecule has 4 amide bonds. The van der Waals surface area contributed by atoms with Crippen molar-refractivity contribution in [2.75, 3.05) is 26.0 Å². The Kier molecular flexibility index (Phi) is 3.92. The molecule has 2 aliphatic rings. The molecule has 0 aliphatic carbocycles. The van der Waals surface area contributed by atoms with Crippen LogP contribution in [0.5, 0.6) is 0 Å². The molecule has 1 atom stereocenters. The molecule has 2 N–H and O–H groups in total. The first kappa shape index (κ1) is 16.6. The lowest BCUT2D eigenvalue weighted by Crippen LogP contribution is -2.64. The largest absolute Gasteiger partial charge is 0.390 e. The van der Waals surface area contributed by atoms with Crippen LogP contribution in [0.15, 0.2) is 5.38 Å². The van der Waals surface area contributed by atoms with Crippen molar-refractivity contribution < 1.29 is 23.9 Å². The lowest BCUT2D eigenvalue weighted by atomic mass is 9.87. The van der Waals surface area contributed by atoms with E-state index in [1.165, 1.54) is 19.4 Å². The second kappa shape index (κ2) is 5.67. The van der Waals surface area contributed by atoms with Crippen LogP contribution in [0.2, 0.25) is 0 Å². The van der Waals surface area contributed by atoms with Crippen molar-refractivity contribution in [3.8, 4) is 0 Å². The number of anilines is 1. The van der Waals surface area contributed by atoms with Crippen molar-refractivity contribution in [3.05, 3.63) is 16.5 Å². The van der Waals surface area contributed by atoms with Crippen LogP contribution in [0, 0.1) is 0 Å². The minimum Gasteiger partial charge on any atom is -0.390 e. The normalized spacial score (nSPS) is 24.1. The minimum atomic E-state index is -1.40. The zero-order valence-corrected chi connectivity index (χ0v) is 14.1. The SMILES string of the molecule is COCCN1C(=O)CC[C@](C)(N2C(=O)c3csc(N)c3C2=O)C1=O. The van der Waals surface area contributed by atoms with E-state index in [4.69, 9.17) is 10.5 Å². The van der Waals surface area contributed by atoms with Crippen molar-refractivity contribution in [2.45, 2.75) is 25.3 Å². The van der Waals surface area contributed by atoms with Crippen LogP contribution < -0.4 is 5.73 Å². The molecule has 1 fully saturated rings. The number of carbonyl (C=O) groups is 4. The maximum absolute atomic E-state index is 12.9. The van der Waals surface area contributed by atoms with Crippen molar-refractivity contribution in [1.29, 1.82) is 0 Å². The molecular formula is C15H17N3O5S. The Labute approximate surface area is 142 Å². The number of fused-ring (bicyclic) bond motifs is 1. The first-order valence-electron chi connectivity index (χ1n) is 7.42.